The van der Waals surface area contributed by atoms with Crippen LogP contribution < -0.4 is 5.32 Å². The van der Waals surface area contributed by atoms with E-state index in [2.05, 4.69) is 5.32 Å². The first-order chi connectivity index (χ1) is 9.63. The van der Waals surface area contributed by atoms with Crippen LogP contribution in [-0.4, -0.2) is 25.8 Å². The van der Waals surface area contributed by atoms with Gasteiger partial charge in [-0.05, 0) is 38.4 Å². The molecule has 0 heterocycles. The summed E-state index contributed by atoms with van der Waals surface area (Å²) in [6.45, 7) is 0. The fraction of sp³-hybridized carbons (Fsp3) is 0.625. The van der Waals surface area contributed by atoms with Crippen LogP contribution in [0.1, 0.15) is 37.7 Å². The second kappa shape index (κ2) is 6.88. The molecule has 0 bridgehead atoms. The quantitative estimate of drug-likeness (QED) is 0.888. The molecule has 4 heteroatoms. The van der Waals surface area contributed by atoms with Crippen molar-refractivity contribution in [3.8, 4) is 0 Å². The first kappa shape index (κ1) is 15.7. The third-order valence-corrected chi connectivity index (χ3v) is 4.91. The first-order valence-corrected chi connectivity index (χ1v) is 7.66. The normalized spacial score (nSPS) is 19.8. The number of halogens is 2. The molecule has 0 radical (unpaired) electrons. The summed E-state index contributed by atoms with van der Waals surface area (Å²) in [5, 5.41) is 3.81. The maximum absolute atomic E-state index is 14.0. The van der Waals surface area contributed by atoms with Gasteiger partial charge in [0.1, 0.15) is 5.82 Å². The predicted octanol–water partition coefficient (Wildman–Crippen LogP) is 3.96. The third-order valence-electron chi connectivity index (χ3n) is 4.56. The smallest absolute Gasteiger partial charge is 0.127 e. The minimum atomic E-state index is -0.236. The summed E-state index contributed by atoms with van der Waals surface area (Å²) < 4.78 is 19.8. The van der Waals surface area contributed by atoms with Crippen molar-refractivity contribution in [2.75, 3.05) is 14.2 Å². The Labute approximate surface area is 125 Å². The molecule has 2 rings (SSSR count). The van der Waals surface area contributed by atoms with Crippen LogP contribution in [0.5, 0.6) is 0 Å². The molecule has 0 saturated heterocycles. The van der Waals surface area contributed by atoms with Gasteiger partial charge in [0.2, 0.25) is 0 Å². The zero-order valence-corrected chi connectivity index (χ0v) is 13.0. The number of nitrogens with one attached hydrogen (secondary N) is 1. The average Bonchev–Trinajstić information content (AvgIpc) is 2.48. The average molecular weight is 300 g/mol. The standard InChI is InChI=1S/C16H23ClFNO/c1-19-15(16(20-2)9-4-3-5-10-16)11-12-13(17)7-6-8-14(12)18/h6-8,15,19H,3-5,9-11H2,1-2H3. The predicted molar refractivity (Wildman–Crippen MR) is 80.8 cm³/mol. The fourth-order valence-corrected chi connectivity index (χ4v) is 3.57. The molecule has 0 spiro atoms. The van der Waals surface area contributed by atoms with Gasteiger partial charge >= 0.3 is 0 Å². The lowest BCUT2D eigenvalue weighted by Gasteiger charge is -2.42. The van der Waals surface area contributed by atoms with Crippen molar-refractivity contribution in [2.45, 2.75) is 50.2 Å². The topological polar surface area (TPSA) is 21.3 Å². The van der Waals surface area contributed by atoms with E-state index < -0.39 is 0 Å². The van der Waals surface area contributed by atoms with Gasteiger partial charge in [-0.3, -0.25) is 0 Å². The summed E-state index contributed by atoms with van der Waals surface area (Å²) in [7, 11) is 3.67. The Bertz CT molecular complexity index is 426. The molecule has 1 aliphatic carbocycles. The number of hydrogen-bond acceptors (Lipinski definition) is 2. The van der Waals surface area contributed by atoms with Crippen molar-refractivity contribution in [1.29, 1.82) is 0 Å². The molecule has 2 nitrogen and oxygen atoms in total. The number of likely N-dealkylation sites (N-methyl/N-ethyl adjacent to an activating group) is 1. The molecule has 20 heavy (non-hydrogen) atoms. The molecule has 1 aliphatic rings. The molecule has 1 aromatic rings. The summed E-state index contributed by atoms with van der Waals surface area (Å²) in [4.78, 5) is 0. The Morgan fingerprint density at radius 2 is 2.05 bits per heavy atom. The van der Waals surface area contributed by atoms with E-state index in [0.29, 0.717) is 17.0 Å². The number of benzene rings is 1. The summed E-state index contributed by atoms with van der Waals surface area (Å²) in [6.07, 6.45) is 6.16. The Morgan fingerprint density at radius 3 is 2.60 bits per heavy atom. The minimum Gasteiger partial charge on any atom is -0.377 e. The van der Waals surface area contributed by atoms with Gasteiger partial charge in [0, 0.05) is 23.7 Å². The number of rotatable bonds is 5. The summed E-state index contributed by atoms with van der Waals surface area (Å²) >= 11 is 6.15. The lowest BCUT2D eigenvalue weighted by atomic mass is 9.77. The van der Waals surface area contributed by atoms with Gasteiger partial charge in [-0.1, -0.05) is 36.9 Å². The molecule has 1 unspecified atom stereocenters. The molecule has 1 fully saturated rings. The van der Waals surface area contributed by atoms with E-state index in [0.717, 1.165) is 25.7 Å². The van der Waals surface area contributed by atoms with E-state index in [4.69, 9.17) is 16.3 Å². The van der Waals surface area contributed by atoms with Crippen molar-refractivity contribution in [3.63, 3.8) is 0 Å². The van der Waals surface area contributed by atoms with Crippen molar-refractivity contribution >= 4 is 11.6 Å². The van der Waals surface area contributed by atoms with Gasteiger partial charge < -0.3 is 10.1 Å². The molecule has 0 aliphatic heterocycles. The maximum Gasteiger partial charge on any atom is 0.127 e. The van der Waals surface area contributed by atoms with Crippen LogP contribution in [0.15, 0.2) is 18.2 Å². The Kier molecular flexibility index (Phi) is 5.42. The highest BCUT2D eigenvalue weighted by Gasteiger charge is 2.39. The van der Waals surface area contributed by atoms with Gasteiger partial charge in [0.25, 0.3) is 0 Å². The van der Waals surface area contributed by atoms with Crippen molar-refractivity contribution < 1.29 is 9.13 Å². The summed E-state index contributed by atoms with van der Waals surface area (Å²) in [5.74, 6) is -0.236. The zero-order valence-electron chi connectivity index (χ0n) is 12.2. The highest BCUT2D eigenvalue weighted by Crippen LogP contribution is 2.36. The van der Waals surface area contributed by atoms with Gasteiger partial charge in [0.05, 0.1) is 5.60 Å². The second-order valence-electron chi connectivity index (χ2n) is 5.58. The van der Waals surface area contributed by atoms with Crippen LogP contribution >= 0.6 is 11.6 Å². The Morgan fingerprint density at radius 1 is 1.35 bits per heavy atom. The first-order valence-electron chi connectivity index (χ1n) is 7.28. The highest BCUT2D eigenvalue weighted by atomic mass is 35.5. The molecule has 1 aromatic carbocycles. The van der Waals surface area contributed by atoms with E-state index in [1.165, 1.54) is 12.5 Å². The van der Waals surface area contributed by atoms with Gasteiger partial charge in [-0.2, -0.15) is 0 Å². The SMILES string of the molecule is CNC(Cc1c(F)cccc1Cl)C1(OC)CCCCC1. The molecule has 112 valence electrons. The Hall–Kier alpha value is -0.640. The van der Waals surface area contributed by atoms with E-state index in [-0.39, 0.29) is 17.5 Å². The molecular formula is C16H23ClFNO. The molecule has 1 atom stereocenters. The van der Waals surface area contributed by atoms with E-state index in [1.807, 2.05) is 7.05 Å². The van der Waals surface area contributed by atoms with Gasteiger partial charge in [0.15, 0.2) is 0 Å². The van der Waals surface area contributed by atoms with E-state index in [9.17, 15) is 4.39 Å². The summed E-state index contributed by atoms with van der Waals surface area (Å²) in [6, 6.07) is 4.92. The van der Waals surface area contributed by atoms with Crippen LogP contribution in [0.25, 0.3) is 0 Å². The van der Waals surface area contributed by atoms with Gasteiger partial charge in [-0.25, -0.2) is 4.39 Å². The zero-order chi connectivity index (χ0) is 14.6. The molecule has 1 N–H and O–H groups in total. The third kappa shape index (κ3) is 3.16. The lowest BCUT2D eigenvalue weighted by Crippen LogP contribution is -2.53. The van der Waals surface area contributed by atoms with Crippen molar-refractivity contribution in [2.24, 2.45) is 0 Å². The van der Waals surface area contributed by atoms with Gasteiger partial charge in [-0.15, -0.1) is 0 Å². The lowest BCUT2D eigenvalue weighted by molar-refractivity contribution is -0.0658. The minimum absolute atomic E-state index is 0.0715. The summed E-state index contributed by atoms with van der Waals surface area (Å²) in [5.41, 5.74) is 0.369. The molecular weight excluding hydrogens is 277 g/mol. The largest absolute Gasteiger partial charge is 0.377 e. The Balaban J connectivity index is 2.23. The van der Waals surface area contributed by atoms with Crippen LogP contribution in [0.2, 0.25) is 5.02 Å². The van der Waals surface area contributed by atoms with E-state index in [1.54, 1.807) is 19.2 Å². The number of methoxy groups -OCH3 is 1. The molecule has 0 aromatic heterocycles. The van der Waals surface area contributed by atoms with Crippen LogP contribution in [0.3, 0.4) is 0 Å². The highest BCUT2D eigenvalue weighted by molar-refractivity contribution is 6.31. The molecule has 0 amide bonds. The van der Waals surface area contributed by atoms with Crippen LogP contribution in [0, 0.1) is 5.82 Å². The van der Waals surface area contributed by atoms with Crippen molar-refractivity contribution in [1.82, 2.24) is 5.32 Å². The van der Waals surface area contributed by atoms with E-state index >= 15 is 0 Å². The van der Waals surface area contributed by atoms with Crippen LogP contribution in [-0.2, 0) is 11.2 Å². The number of ether oxygens (including phenoxy) is 1. The molecule has 1 saturated carbocycles. The fourth-order valence-electron chi connectivity index (χ4n) is 3.33. The monoisotopic (exact) mass is 299 g/mol. The van der Waals surface area contributed by atoms with Crippen LogP contribution in [0.4, 0.5) is 4.39 Å². The maximum atomic E-state index is 14.0. The number of hydrogen-bond donors (Lipinski definition) is 1. The second-order valence-corrected chi connectivity index (χ2v) is 5.98. The van der Waals surface area contributed by atoms with Crippen molar-refractivity contribution in [3.05, 3.63) is 34.6 Å².